The molecule has 2 aliphatic rings. The first-order valence-corrected chi connectivity index (χ1v) is 10.1. The Morgan fingerprint density at radius 3 is 2.45 bits per heavy atom. The number of carbonyl (C=O) groups excluding carboxylic acids is 1. The van der Waals surface area contributed by atoms with E-state index in [-0.39, 0.29) is 47.0 Å². The van der Waals surface area contributed by atoms with Crippen molar-refractivity contribution >= 4 is 23.2 Å². The number of benzene rings is 2. The van der Waals surface area contributed by atoms with Gasteiger partial charge in [0.1, 0.15) is 12.4 Å². The molecule has 0 aromatic heterocycles. The standard InChI is InChI=1S/C22H22ClF2N2O2.CH3.Nb/c1-2-16-18(24)12-15(13-19(16)25)29-10-9-27-7-5-22(6-8-27)17-11-14(23)3-4-20(17)26-21(22)28;;/h2-4,11-13H,5-10H2,1H3,(H,26,28);1H3;/q2*-1;+2. The van der Waals surface area contributed by atoms with E-state index in [1.165, 1.54) is 18.6 Å². The van der Waals surface area contributed by atoms with Gasteiger partial charge in [0.2, 0.25) is 5.91 Å². The van der Waals surface area contributed by atoms with Crippen LogP contribution in [-0.4, -0.2) is 37.0 Å². The van der Waals surface area contributed by atoms with Crippen molar-refractivity contribution < 1.29 is 40.7 Å². The third kappa shape index (κ3) is 4.94. The number of nitrogens with zero attached hydrogens (tertiary/aromatic N) is 1. The van der Waals surface area contributed by atoms with Crippen LogP contribution in [0.5, 0.6) is 5.75 Å². The van der Waals surface area contributed by atoms with E-state index in [2.05, 4.69) is 10.2 Å². The van der Waals surface area contributed by atoms with Gasteiger partial charge in [-0.1, -0.05) is 18.5 Å². The first kappa shape index (κ1) is 25.7. The molecule has 4 rings (SSSR count). The molecule has 2 aromatic rings. The van der Waals surface area contributed by atoms with E-state index in [0.717, 1.165) is 24.3 Å². The van der Waals surface area contributed by atoms with Crippen LogP contribution in [0.2, 0.25) is 5.02 Å². The van der Waals surface area contributed by atoms with E-state index >= 15 is 0 Å². The number of amides is 1. The summed E-state index contributed by atoms with van der Waals surface area (Å²) < 4.78 is 33.2. The molecular weight excluding hydrogens is 503 g/mol. The maximum absolute atomic E-state index is 13.8. The minimum atomic E-state index is -0.632. The molecule has 1 amide bonds. The molecule has 0 unspecified atom stereocenters. The van der Waals surface area contributed by atoms with Crippen molar-refractivity contribution in [3.63, 3.8) is 0 Å². The second-order valence-corrected chi connectivity index (χ2v) is 7.94. The van der Waals surface area contributed by atoms with E-state index in [9.17, 15) is 13.6 Å². The zero-order chi connectivity index (χ0) is 20.6. The van der Waals surface area contributed by atoms with E-state index in [1.54, 1.807) is 13.0 Å². The van der Waals surface area contributed by atoms with Crippen LogP contribution in [0.1, 0.15) is 30.9 Å². The Hall–Kier alpha value is -1.57. The van der Waals surface area contributed by atoms with Crippen molar-refractivity contribution in [2.75, 3.05) is 31.6 Å². The number of carbonyl (C=O) groups is 1. The molecule has 0 saturated carbocycles. The summed E-state index contributed by atoms with van der Waals surface area (Å²) >= 11 is 6.15. The fraction of sp³-hybridized carbons (Fsp3) is 0.348. The third-order valence-electron chi connectivity index (χ3n) is 5.91. The van der Waals surface area contributed by atoms with Gasteiger partial charge in [-0.2, -0.15) is 6.42 Å². The number of likely N-dealkylation sites (tertiary alicyclic amines) is 1. The number of rotatable bonds is 5. The number of fused-ring (bicyclic) bond motifs is 2. The number of piperidine rings is 1. The van der Waals surface area contributed by atoms with Crippen LogP contribution in [0.4, 0.5) is 14.5 Å². The quantitative estimate of drug-likeness (QED) is 0.439. The van der Waals surface area contributed by atoms with Crippen LogP contribution < -0.4 is 10.1 Å². The molecule has 2 aromatic carbocycles. The number of nitrogens with one attached hydrogen (secondary N) is 1. The molecule has 1 N–H and O–H groups in total. The van der Waals surface area contributed by atoms with Crippen molar-refractivity contribution in [1.82, 2.24) is 4.90 Å². The first-order chi connectivity index (χ1) is 13.9. The monoisotopic (exact) mass is 527 g/mol. The van der Waals surface area contributed by atoms with Crippen molar-refractivity contribution in [2.45, 2.75) is 25.2 Å². The van der Waals surface area contributed by atoms with Gasteiger partial charge < -0.3 is 17.5 Å². The van der Waals surface area contributed by atoms with Crippen molar-refractivity contribution in [2.24, 2.45) is 0 Å². The summed E-state index contributed by atoms with van der Waals surface area (Å²) in [7, 11) is 0. The molecule has 31 heavy (non-hydrogen) atoms. The molecule has 1 spiro atoms. The van der Waals surface area contributed by atoms with Gasteiger partial charge in [-0.15, -0.1) is 5.56 Å². The molecule has 0 bridgehead atoms. The molecule has 0 aliphatic carbocycles. The molecule has 1 fully saturated rings. The molecule has 8 heteroatoms. The summed E-state index contributed by atoms with van der Waals surface area (Å²) in [6.45, 7) is 3.98. The third-order valence-corrected chi connectivity index (χ3v) is 6.14. The van der Waals surface area contributed by atoms with Gasteiger partial charge in [-0.25, -0.2) is 0 Å². The van der Waals surface area contributed by atoms with Gasteiger partial charge in [-0.05, 0) is 61.8 Å². The largest absolute Gasteiger partial charge is 2.00 e. The van der Waals surface area contributed by atoms with Crippen molar-refractivity contribution in [3.05, 3.63) is 72.0 Å². The molecule has 2 aliphatic heterocycles. The summed E-state index contributed by atoms with van der Waals surface area (Å²) in [6.07, 6.45) is 2.77. The zero-order valence-corrected chi connectivity index (χ0v) is 20.5. The maximum atomic E-state index is 13.8. The summed E-state index contributed by atoms with van der Waals surface area (Å²) in [6, 6.07) is 7.92. The predicted molar refractivity (Wildman–Crippen MR) is 115 cm³/mol. The van der Waals surface area contributed by atoms with Gasteiger partial charge >= 0.3 is 22.4 Å². The fourth-order valence-electron chi connectivity index (χ4n) is 4.25. The van der Waals surface area contributed by atoms with Gasteiger partial charge in [0, 0.05) is 28.9 Å². The van der Waals surface area contributed by atoms with E-state index in [1.807, 2.05) is 12.1 Å². The van der Waals surface area contributed by atoms with Crippen LogP contribution >= 0.6 is 11.6 Å². The van der Waals surface area contributed by atoms with E-state index in [4.69, 9.17) is 16.3 Å². The Morgan fingerprint density at radius 2 is 1.84 bits per heavy atom. The van der Waals surface area contributed by atoms with Crippen LogP contribution in [0.3, 0.4) is 0 Å². The molecule has 0 atom stereocenters. The molecule has 1 radical (unpaired) electrons. The van der Waals surface area contributed by atoms with Crippen molar-refractivity contribution in [1.29, 1.82) is 0 Å². The number of ether oxygens (including phenoxy) is 1. The fourth-order valence-corrected chi connectivity index (χ4v) is 4.43. The summed E-state index contributed by atoms with van der Waals surface area (Å²) in [5, 5.41) is 3.60. The van der Waals surface area contributed by atoms with Crippen molar-refractivity contribution in [3.8, 4) is 5.75 Å². The second-order valence-electron chi connectivity index (χ2n) is 7.51. The first-order valence-electron chi connectivity index (χ1n) is 9.68. The predicted octanol–water partition coefficient (Wildman–Crippen LogP) is 5.00. The SMILES string of the molecule is C[CH-]c1c(F)cc(OCCN2CCC3(CC2)C(=O)Nc2ccc(Cl)cc23)cc1F.[CH3-].[Nb+2]. The number of hydrogen-bond acceptors (Lipinski definition) is 3. The molecule has 2 heterocycles. The Bertz CT molecular complexity index is 926. The summed E-state index contributed by atoms with van der Waals surface area (Å²) in [5.41, 5.74) is 1.24. The van der Waals surface area contributed by atoms with E-state index in [0.29, 0.717) is 31.0 Å². The van der Waals surface area contributed by atoms with E-state index < -0.39 is 17.0 Å². The topological polar surface area (TPSA) is 41.6 Å². The zero-order valence-electron chi connectivity index (χ0n) is 17.6. The average molecular weight is 528 g/mol. The number of hydrogen-bond donors (Lipinski definition) is 1. The average Bonchev–Trinajstić information content (AvgIpc) is 2.94. The second kappa shape index (κ2) is 10.4. The van der Waals surface area contributed by atoms with Gasteiger partial charge in [0.15, 0.2) is 0 Å². The molecule has 1 saturated heterocycles. The minimum absolute atomic E-state index is 0. The van der Waals surface area contributed by atoms with Gasteiger partial charge in [-0.3, -0.25) is 18.5 Å². The smallest absolute Gasteiger partial charge is 0.494 e. The number of anilines is 1. The van der Waals surface area contributed by atoms with Gasteiger partial charge in [0.05, 0.1) is 5.41 Å². The summed E-state index contributed by atoms with van der Waals surface area (Å²) in [4.78, 5) is 14.9. The maximum Gasteiger partial charge on any atom is 2.00 e. The number of halogens is 3. The van der Waals surface area contributed by atoms with Crippen LogP contribution in [-0.2, 0) is 32.6 Å². The normalized spacial score (nSPS) is 16.7. The Kier molecular flexibility index (Phi) is 8.59. The molecule has 165 valence electrons. The summed E-state index contributed by atoms with van der Waals surface area (Å²) in [5.74, 6) is -1.05. The van der Waals surface area contributed by atoms with Crippen LogP contribution in [0.25, 0.3) is 0 Å². The van der Waals surface area contributed by atoms with Gasteiger partial charge in [0.25, 0.3) is 0 Å². The molecular formula is C23H25ClF2N2NbO2. The van der Waals surface area contributed by atoms with Crippen LogP contribution in [0.15, 0.2) is 30.3 Å². The Balaban J connectivity index is 0.00000171. The Labute approximate surface area is 202 Å². The molecule has 4 nitrogen and oxygen atoms in total. The minimum Gasteiger partial charge on any atom is -0.494 e. The van der Waals surface area contributed by atoms with Crippen LogP contribution in [0, 0.1) is 25.5 Å². The Morgan fingerprint density at radius 1 is 1.19 bits per heavy atom.